The summed E-state index contributed by atoms with van der Waals surface area (Å²) in [7, 11) is 0. The van der Waals surface area contributed by atoms with Crippen molar-refractivity contribution < 1.29 is 24.5 Å². The molecular formula is C49H97NO5. The summed E-state index contributed by atoms with van der Waals surface area (Å²) >= 11 is 0. The number of nitrogens with one attached hydrogen (secondary N) is 1. The lowest BCUT2D eigenvalue weighted by molar-refractivity contribution is -0.143. The lowest BCUT2D eigenvalue weighted by Gasteiger charge is -2.22. The van der Waals surface area contributed by atoms with Crippen LogP contribution in [0.4, 0.5) is 0 Å². The van der Waals surface area contributed by atoms with Crippen molar-refractivity contribution in [2.75, 3.05) is 13.2 Å². The van der Waals surface area contributed by atoms with Crippen molar-refractivity contribution in [3.05, 3.63) is 0 Å². The number of carbonyl (C=O) groups excluding carboxylic acids is 2. The van der Waals surface area contributed by atoms with Gasteiger partial charge in [0.25, 0.3) is 0 Å². The van der Waals surface area contributed by atoms with Gasteiger partial charge in [-0.05, 0) is 25.7 Å². The molecule has 2 unspecified atom stereocenters. The summed E-state index contributed by atoms with van der Waals surface area (Å²) in [6.07, 6.45) is 49.2. The first-order valence-electron chi connectivity index (χ1n) is 24.8. The monoisotopic (exact) mass is 780 g/mol. The van der Waals surface area contributed by atoms with Crippen molar-refractivity contribution in [1.82, 2.24) is 5.32 Å². The Bertz CT molecular complexity index is 776. The quantitative estimate of drug-likeness (QED) is 0.0422. The van der Waals surface area contributed by atoms with Gasteiger partial charge in [0.05, 0.1) is 25.4 Å². The molecule has 55 heavy (non-hydrogen) atoms. The van der Waals surface area contributed by atoms with Crippen LogP contribution in [0.5, 0.6) is 0 Å². The van der Waals surface area contributed by atoms with Gasteiger partial charge in [-0.3, -0.25) is 9.59 Å². The van der Waals surface area contributed by atoms with Crippen LogP contribution in [0, 0.1) is 0 Å². The highest BCUT2D eigenvalue weighted by atomic mass is 16.5. The molecule has 0 bridgehead atoms. The second-order valence-corrected chi connectivity index (χ2v) is 17.2. The van der Waals surface area contributed by atoms with Crippen molar-refractivity contribution in [2.24, 2.45) is 0 Å². The maximum atomic E-state index is 12.4. The third kappa shape index (κ3) is 42.3. The van der Waals surface area contributed by atoms with Crippen LogP contribution in [0.3, 0.4) is 0 Å². The molecule has 2 atom stereocenters. The first-order chi connectivity index (χ1) is 27.0. The number of unbranched alkanes of at least 4 members (excludes halogenated alkanes) is 35. The van der Waals surface area contributed by atoms with Crippen LogP contribution in [-0.2, 0) is 14.3 Å². The van der Waals surface area contributed by atoms with E-state index < -0.39 is 12.1 Å². The minimum atomic E-state index is -0.679. The number of rotatable bonds is 46. The molecule has 0 aliphatic heterocycles. The average molecular weight is 780 g/mol. The highest BCUT2D eigenvalue weighted by Crippen LogP contribution is 2.17. The summed E-state index contributed by atoms with van der Waals surface area (Å²) < 4.78 is 5.44. The maximum absolute atomic E-state index is 12.4. The van der Waals surface area contributed by atoms with E-state index in [1.807, 2.05) is 0 Å². The summed E-state index contributed by atoms with van der Waals surface area (Å²) in [4.78, 5) is 24.4. The molecule has 0 radical (unpaired) electrons. The Hall–Kier alpha value is -1.14. The molecule has 0 aliphatic carbocycles. The van der Waals surface area contributed by atoms with Crippen LogP contribution < -0.4 is 5.32 Å². The number of hydrogen-bond donors (Lipinski definition) is 3. The van der Waals surface area contributed by atoms with E-state index in [-0.39, 0.29) is 18.5 Å². The number of aliphatic hydroxyl groups excluding tert-OH is 2. The van der Waals surface area contributed by atoms with Crippen molar-refractivity contribution in [1.29, 1.82) is 0 Å². The Morgan fingerprint density at radius 2 is 0.745 bits per heavy atom. The highest BCUT2D eigenvalue weighted by Gasteiger charge is 2.20. The summed E-state index contributed by atoms with van der Waals surface area (Å²) in [5, 5.41) is 23.2. The highest BCUT2D eigenvalue weighted by molar-refractivity contribution is 5.76. The van der Waals surface area contributed by atoms with Crippen LogP contribution in [-0.4, -0.2) is 47.4 Å². The maximum Gasteiger partial charge on any atom is 0.305 e. The normalized spacial score (nSPS) is 12.6. The van der Waals surface area contributed by atoms with E-state index >= 15 is 0 Å². The number of aliphatic hydroxyl groups is 2. The summed E-state index contributed by atoms with van der Waals surface area (Å²) in [5.74, 6) is -0.0835. The molecule has 6 heteroatoms. The topological polar surface area (TPSA) is 95.9 Å². The summed E-state index contributed by atoms with van der Waals surface area (Å²) in [5.41, 5.74) is 0. The van der Waals surface area contributed by atoms with Gasteiger partial charge >= 0.3 is 5.97 Å². The van der Waals surface area contributed by atoms with Crippen molar-refractivity contribution >= 4 is 11.9 Å². The van der Waals surface area contributed by atoms with E-state index in [9.17, 15) is 19.8 Å². The van der Waals surface area contributed by atoms with Gasteiger partial charge in [0.1, 0.15) is 0 Å². The molecule has 0 heterocycles. The molecule has 0 fully saturated rings. The number of carbonyl (C=O) groups is 2. The standard InChI is InChI=1S/C49H97NO5/c1-3-5-7-9-11-13-15-17-18-19-20-21-22-25-29-33-37-41-47(52)46(45-51)50-48(53)42-38-34-30-26-24-28-32-36-40-44-55-49(54)43-39-35-31-27-23-16-14-12-10-8-6-4-2/h46-47,51-52H,3-45H2,1-2H3,(H,50,53). The second-order valence-electron chi connectivity index (χ2n) is 17.2. The van der Waals surface area contributed by atoms with Gasteiger partial charge in [0.15, 0.2) is 0 Å². The van der Waals surface area contributed by atoms with Gasteiger partial charge in [-0.1, -0.05) is 239 Å². The second kappa shape index (κ2) is 45.6. The third-order valence-corrected chi connectivity index (χ3v) is 11.7. The van der Waals surface area contributed by atoms with Crippen LogP contribution in [0.15, 0.2) is 0 Å². The van der Waals surface area contributed by atoms with Crippen LogP contribution in [0.2, 0.25) is 0 Å². The molecule has 0 saturated heterocycles. The zero-order valence-corrected chi connectivity index (χ0v) is 37.2. The molecule has 6 nitrogen and oxygen atoms in total. The molecular weight excluding hydrogens is 683 g/mol. The first kappa shape index (κ1) is 53.9. The molecule has 3 N–H and O–H groups in total. The number of esters is 1. The molecule has 0 spiro atoms. The van der Waals surface area contributed by atoms with Gasteiger partial charge in [-0.15, -0.1) is 0 Å². The molecule has 328 valence electrons. The van der Waals surface area contributed by atoms with E-state index in [0.29, 0.717) is 25.9 Å². The van der Waals surface area contributed by atoms with E-state index in [1.54, 1.807) is 0 Å². The molecule has 0 aliphatic rings. The van der Waals surface area contributed by atoms with Crippen LogP contribution in [0.1, 0.15) is 277 Å². The fraction of sp³-hybridized carbons (Fsp3) is 0.959. The van der Waals surface area contributed by atoms with E-state index in [2.05, 4.69) is 19.2 Å². The minimum Gasteiger partial charge on any atom is -0.466 e. The average Bonchev–Trinajstić information content (AvgIpc) is 3.18. The van der Waals surface area contributed by atoms with Gasteiger partial charge in [0, 0.05) is 12.8 Å². The summed E-state index contributed by atoms with van der Waals surface area (Å²) in [6, 6.07) is -0.559. The van der Waals surface area contributed by atoms with E-state index in [1.165, 1.54) is 186 Å². The van der Waals surface area contributed by atoms with Crippen molar-refractivity contribution in [3.63, 3.8) is 0 Å². The van der Waals surface area contributed by atoms with E-state index in [0.717, 1.165) is 57.8 Å². The number of ether oxygens (including phenoxy) is 1. The van der Waals surface area contributed by atoms with Gasteiger partial charge in [0.2, 0.25) is 5.91 Å². The Kier molecular flexibility index (Phi) is 44.6. The predicted octanol–water partition coefficient (Wildman–Crippen LogP) is 14.4. The lowest BCUT2D eigenvalue weighted by atomic mass is 10.0. The zero-order chi connectivity index (χ0) is 40.1. The van der Waals surface area contributed by atoms with Gasteiger partial charge in [-0.2, -0.15) is 0 Å². The van der Waals surface area contributed by atoms with Gasteiger partial charge < -0.3 is 20.3 Å². The molecule has 0 saturated carbocycles. The first-order valence-corrected chi connectivity index (χ1v) is 24.8. The molecule has 0 aromatic carbocycles. The lowest BCUT2D eigenvalue weighted by Crippen LogP contribution is -2.45. The van der Waals surface area contributed by atoms with Crippen LogP contribution in [0.25, 0.3) is 0 Å². The Labute approximate surface area is 343 Å². The Morgan fingerprint density at radius 1 is 0.436 bits per heavy atom. The van der Waals surface area contributed by atoms with Crippen LogP contribution >= 0.6 is 0 Å². The van der Waals surface area contributed by atoms with Crippen molar-refractivity contribution in [3.8, 4) is 0 Å². The molecule has 1 amide bonds. The minimum absolute atomic E-state index is 0.0236. The number of hydrogen-bond acceptors (Lipinski definition) is 5. The third-order valence-electron chi connectivity index (χ3n) is 11.7. The largest absolute Gasteiger partial charge is 0.466 e. The van der Waals surface area contributed by atoms with Crippen molar-refractivity contribution in [2.45, 2.75) is 289 Å². The number of amides is 1. The predicted molar refractivity (Wildman–Crippen MR) is 237 cm³/mol. The zero-order valence-electron chi connectivity index (χ0n) is 37.2. The molecule has 0 rings (SSSR count). The fourth-order valence-electron chi connectivity index (χ4n) is 7.82. The molecule has 0 aromatic heterocycles. The SMILES string of the molecule is CCCCCCCCCCCCCCCCCCCC(O)C(CO)NC(=O)CCCCCCCCCCCOC(=O)CCCCCCCCCCCCCC. The van der Waals surface area contributed by atoms with E-state index in [4.69, 9.17) is 4.74 Å². The Morgan fingerprint density at radius 3 is 1.11 bits per heavy atom. The Balaban J connectivity index is 3.48. The van der Waals surface area contributed by atoms with Gasteiger partial charge in [-0.25, -0.2) is 0 Å². The summed E-state index contributed by atoms with van der Waals surface area (Å²) in [6.45, 7) is 4.90. The smallest absolute Gasteiger partial charge is 0.305 e. The fourth-order valence-corrected chi connectivity index (χ4v) is 7.82. The molecule has 0 aromatic rings.